The molecule has 1 saturated carbocycles. The van der Waals surface area contributed by atoms with Crippen molar-refractivity contribution in [1.82, 2.24) is 20.9 Å². The summed E-state index contributed by atoms with van der Waals surface area (Å²) in [4.78, 5) is 49.7. The van der Waals surface area contributed by atoms with Crippen molar-refractivity contribution < 1.29 is 19.2 Å². The molecule has 0 atom stereocenters. The summed E-state index contributed by atoms with van der Waals surface area (Å²) < 4.78 is 0. The molecule has 0 radical (unpaired) electrons. The molecule has 0 aromatic carbocycles. The van der Waals surface area contributed by atoms with Crippen LogP contribution in [0.3, 0.4) is 0 Å². The Morgan fingerprint density at radius 2 is 1.64 bits per heavy atom. The van der Waals surface area contributed by atoms with Crippen molar-refractivity contribution in [2.24, 2.45) is 0 Å². The SMILES string of the molecule is CC(C)(C)NC(=O)NC(=O)CN1C(=O)NC2(CCCCCCC2)C1=O. The highest BCUT2D eigenvalue weighted by Crippen LogP contribution is 2.31. The number of amides is 6. The van der Waals surface area contributed by atoms with E-state index >= 15 is 0 Å². The van der Waals surface area contributed by atoms with Gasteiger partial charge in [0.05, 0.1) is 0 Å². The van der Waals surface area contributed by atoms with Crippen LogP contribution in [0.2, 0.25) is 0 Å². The van der Waals surface area contributed by atoms with Gasteiger partial charge >= 0.3 is 12.1 Å². The summed E-state index contributed by atoms with van der Waals surface area (Å²) in [6.07, 6.45) is 6.17. The van der Waals surface area contributed by atoms with Gasteiger partial charge in [0.2, 0.25) is 5.91 Å². The molecule has 1 spiro atoms. The maximum atomic E-state index is 12.8. The lowest BCUT2D eigenvalue weighted by atomic mass is 9.84. The first-order chi connectivity index (χ1) is 11.6. The first-order valence-electron chi connectivity index (χ1n) is 8.89. The third kappa shape index (κ3) is 4.93. The van der Waals surface area contributed by atoms with Crippen LogP contribution < -0.4 is 16.0 Å². The first-order valence-corrected chi connectivity index (χ1v) is 8.89. The van der Waals surface area contributed by atoms with Gasteiger partial charge < -0.3 is 10.6 Å². The molecule has 0 bridgehead atoms. The summed E-state index contributed by atoms with van der Waals surface area (Å²) in [6.45, 7) is 4.90. The van der Waals surface area contributed by atoms with Gasteiger partial charge in [0.25, 0.3) is 5.91 Å². The molecule has 6 amide bonds. The topological polar surface area (TPSA) is 108 Å². The number of hydrogen-bond donors (Lipinski definition) is 3. The third-order valence-electron chi connectivity index (χ3n) is 4.50. The molecule has 1 saturated heterocycles. The summed E-state index contributed by atoms with van der Waals surface area (Å²) >= 11 is 0. The molecule has 1 aliphatic carbocycles. The standard InChI is InChI=1S/C17H28N4O4/c1-16(2,3)19-14(24)18-12(22)11-21-13(23)17(20-15(21)25)9-7-5-4-6-8-10-17/h4-11H2,1-3H3,(H,20,25)(H2,18,19,22,24). The summed E-state index contributed by atoms with van der Waals surface area (Å²) in [5, 5.41) is 7.54. The predicted molar refractivity (Wildman–Crippen MR) is 91.7 cm³/mol. The van der Waals surface area contributed by atoms with Crippen molar-refractivity contribution in [3.8, 4) is 0 Å². The molecule has 2 fully saturated rings. The minimum Gasteiger partial charge on any atom is -0.333 e. The van der Waals surface area contributed by atoms with Gasteiger partial charge in [-0.15, -0.1) is 0 Å². The number of nitrogens with zero attached hydrogens (tertiary/aromatic N) is 1. The van der Waals surface area contributed by atoms with Gasteiger partial charge in [0.1, 0.15) is 12.1 Å². The first kappa shape index (κ1) is 19.2. The number of carbonyl (C=O) groups is 4. The van der Waals surface area contributed by atoms with Crippen molar-refractivity contribution in [3.63, 3.8) is 0 Å². The zero-order valence-corrected chi connectivity index (χ0v) is 15.2. The summed E-state index contributed by atoms with van der Waals surface area (Å²) in [5.74, 6) is -1.04. The van der Waals surface area contributed by atoms with Crippen LogP contribution in [0, 0.1) is 0 Å². The van der Waals surface area contributed by atoms with Crippen molar-refractivity contribution in [2.75, 3.05) is 6.54 Å². The highest BCUT2D eigenvalue weighted by molar-refractivity contribution is 6.10. The molecule has 1 heterocycles. The molecule has 2 rings (SSSR count). The lowest BCUT2D eigenvalue weighted by molar-refractivity contribution is -0.135. The Balaban J connectivity index is 1.97. The van der Waals surface area contributed by atoms with Gasteiger partial charge in [-0.2, -0.15) is 0 Å². The molecule has 8 heteroatoms. The fraction of sp³-hybridized carbons (Fsp3) is 0.765. The lowest BCUT2D eigenvalue weighted by Crippen LogP contribution is -2.51. The van der Waals surface area contributed by atoms with Crippen LogP contribution in [0.25, 0.3) is 0 Å². The van der Waals surface area contributed by atoms with E-state index in [4.69, 9.17) is 0 Å². The van der Waals surface area contributed by atoms with Gasteiger partial charge in [-0.3, -0.25) is 19.8 Å². The molecule has 1 aliphatic heterocycles. The van der Waals surface area contributed by atoms with Crippen molar-refractivity contribution in [1.29, 1.82) is 0 Å². The maximum absolute atomic E-state index is 12.8. The van der Waals surface area contributed by atoms with E-state index in [9.17, 15) is 19.2 Å². The molecule has 25 heavy (non-hydrogen) atoms. The minimum absolute atomic E-state index is 0.356. The van der Waals surface area contributed by atoms with E-state index in [0.717, 1.165) is 37.0 Å². The van der Waals surface area contributed by atoms with Crippen molar-refractivity contribution >= 4 is 23.9 Å². The second-order valence-electron chi connectivity index (χ2n) is 7.92. The van der Waals surface area contributed by atoms with Crippen LogP contribution in [0.4, 0.5) is 9.59 Å². The lowest BCUT2D eigenvalue weighted by Gasteiger charge is -2.28. The van der Waals surface area contributed by atoms with Gasteiger partial charge in [0.15, 0.2) is 0 Å². The van der Waals surface area contributed by atoms with Crippen molar-refractivity contribution in [3.05, 3.63) is 0 Å². The molecule has 0 aromatic heterocycles. The van der Waals surface area contributed by atoms with Crippen LogP contribution in [0.15, 0.2) is 0 Å². The second kappa shape index (κ2) is 7.41. The van der Waals surface area contributed by atoms with Gasteiger partial charge in [-0.25, -0.2) is 9.59 Å². The molecule has 3 N–H and O–H groups in total. The molecule has 0 unspecified atom stereocenters. The predicted octanol–water partition coefficient (Wildman–Crippen LogP) is 1.65. The molecular weight excluding hydrogens is 324 g/mol. The van der Waals surface area contributed by atoms with E-state index < -0.39 is 35.6 Å². The zero-order chi connectivity index (χ0) is 18.7. The van der Waals surface area contributed by atoms with E-state index in [1.54, 1.807) is 20.8 Å². The molecule has 0 aromatic rings. The summed E-state index contributed by atoms with van der Waals surface area (Å²) in [7, 11) is 0. The van der Waals surface area contributed by atoms with Gasteiger partial charge in [-0.1, -0.05) is 32.1 Å². The monoisotopic (exact) mass is 352 g/mol. The number of rotatable bonds is 2. The zero-order valence-electron chi connectivity index (χ0n) is 15.2. The number of hydrogen-bond acceptors (Lipinski definition) is 4. The maximum Gasteiger partial charge on any atom is 0.325 e. The number of nitrogens with one attached hydrogen (secondary N) is 3. The van der Waals surface area contributed by atoms with E-state index in [1.807, 2.05) is 0 Å². The Kier molecular flexibility index (Phi) is 5.69. The van der Waals surface area contributed by atoms with E-state index in [1.165, 1.54) is 0 Å². The highest BCUT2D eigenvalue weighted by atomic mass is 16.2. The molecule has 140 valence electrons. The molecule has 2 aliphatic rings. The fourth-order valence-corrected chi connectivity index (χ4v) is 3.35. The summed E-state index contributed by atoms with van der Waals surface area (Å²) in [5.41, 5.74) is -1.38. The fourth-order valence-electron chi connectivity index (χ4n) is 3.35. The quantitative estimate of drug-likeness (QED) is 0.657. The van der Waals surface area contributed by atoms with Crippen LogP contribution in [0.1, 0.15) is 65.7 Å². The number of urea groups is 2. The largest absolute Gasteiger partial charge is 0.333 e. The Hall–Kier alpha value is -2.12. The average molecular weight is 352 g/mol. The van der Waals surface area contributed by atoms with Crippen molar-refractivity contribution in [2.45, 2.75) is 76.8 Å². The van der Waals surface area contributed by atoms with Gasteiger partial charge in [0, 0.05) is 5.54 Å². The minimum atomic E-state index is -0.883. The Labute approximate surface area is 148 Å². The van der Waals surface area contributed by atoms with Crippen LogP contribution in [0.5, 0.6) is 0 Å². The highest BCUT2D eigenvalue weighted by Gasteiger charge is 2.50. The normalized spacial score (nSPS) is 20.7. The van der Waals surface area contributed by atoms with Crippen LogP contribution in [-0.4, -0.2) is 46.4 Å². The third-order valence-corrected chi connectivity index (χ3v) is 4.50. The van der Waals surface area contributed by atoms with E-state index in [-0.39, 0.29) is 5.91 Å². The van der Waals surface area contributed by atoms with Gasteiger partial charge in [-0.05, 0) is 33.6 Å². The van der Waals surface area contributed by atoms with Crippen LogP contribution >= 0.6 is 0 Å². The number of imide groups is 2. The van der Waals surface area contributed by atoms with Crippen LogP contribution in [-0.2, 0) is 9.59 Å². The Bertz CT molecular complexity index is 559. The Morgan fingerprint density at radius 1 is 1.08 bits per heavy atom. The van der Waals surface area contributed by atoms with E-state index in [0.29, 0.717) is 12.8 Å². The number of carbonyl (C=O) groups excluding carboxylic acids is 4. The Morgan fingerprint density at radius 3 is 2.20 bits per heavy atom. The molecular formula is C17H28N4O4. The average Bonchev–Trinajstić information content (AvgIpc) is 2.66. The van der Waals surface area contributed by atoms with E-state index in [2.05, 4.69) is 16.0 Å². The molecule has 8 nitrogen and oxygen atoms in total. The smallest absolute Gasteiger partial charge is 0.325 e. The second-order valence-corrected chi connectivity index (χ2v) is 7.92. The summed E-state index contributed by atoms with van der Waals surface area (Å²) in [6, 6.07) is -1.21.